The van der Waals surface area contributed by atoms with Gasteiger partial charge in [0.05, 0.1) is 26.9 Å². The second kappa shape index (κ2) is 8.90. The van der Waals surface area contributed by atoms with Crippen LogP contribution in [0.25, 0.3) is 0 Å². The van der Waals surface area contributed by atoms with E-state index < -0.39 is 0 Å². The van der Waals surface area contributed by atoms with Crippen LogP contribution in [0.2, 0.25) is 0 Å². The summed E-state index contributed by atoms with van der Waals surface area (Å²) in [5.74, 6) is 1.67. The second-order valence-corrected chi connectivity index (χ2v) is 5.49. The van der Waals surface area contributed by atoms with Crippen molar-refractivity contribution in [1.82, 2.24) is 5.32 Å². The van der Waals surface area contributed by atoms with Crippen LogP contribution in [0.3, 0.4) is 0 Å². The van der Waals surface area contributed by atoms with Gasteiger partial charge in [-0.1, -0.05) is 25.3 Å². The smallest absolute Gasteiger partial charge is 0.127 e. The van der Waals surface area contributed by atoms with Gasteiger partial charge in [0.1, 0.15) is 11.5 Å². The maximum atomic E-state index is 5.90. The maximum Gasteiger partial charge on any atom is 0.127 e. The number of methoxy groups -OCH3 is 2. The molecule has 0 bridgehead atoms. The third-order valence-electron chi connectivity index (χ3n) is 3.99. The van der Waals surface area contributed by atoms with E-state index in [2.05, 4.69) is 5.32 Å². The molecule has 0 atom stereocenters. The fraction of sp³-hybridized carbons (Fsp3) is 0.647. The van der Waals surface area contributed by atoms with Crippen molar-refractivity contribution in [3.63, 3.8) is 0 Å². The van der Waals surface area contributed by atoms with Gasteiger partial charge in [-0.05, 0) is 18.9 Å². The lowest BCUT2D eigenvalue weighted by molar-refractivity contribution is 0.0302. The molecule has 0 amide bonds. The lowest BCUT2D eigenvalue weighted by Crippen LogP contribution is -2.24. The van der Waals surface area contributed by atoms with Crippen molar-refractivity contribution in [1.29, 1.82) is 0 Å². The van der Waals surface area contributed by atoms with E-state index in [-0.39, 0.29) is 0 Å². The molecule has 118 valence electrons. The van der Waals surface area contributed by atoms with E-state index >= 15 is 0 Å². The van der Waals surface area contributed by atoms with Crippen molar-refractivity contribution in [3.05, 3.63) is 23.8 Å². The summed E-state index contributed by atoms with van der Waals surface area (Å²) in [5, 5.41) is 3.41. The molecule has 4 heteroatoms. The first kappa shape index (κ1) is 16.1. The molecule has 1 fully saturated rings. The molecular formula is C17H27NO3. The molecule has 0 aliphatic heterocycles. The Morgan fingerprint density at radius 3 is 2.62 bits per heavy atom. The highest BCUT2D eigenvalue weighted by Gasteiger charge is 2.13. The molecule has 1 aliphatic rings. The Balaban J connectivity index is 1.68. The minimum atomic E-state index is 0.482. The standard InChI is InChI=1S/C17H27NO3/c1-19-16-9-8-14(17(12-16)20-2)13-18-10-11-21-15-6-4-3-5-7-15/h8-9,12,15,18H,3-7,10-11,13H2,1-2H3. The van der Waals surface area contributed by atoms with Crippen LogP contribution in [-0.4, -0.2) is 33.5 Å². The number of rotatable bonds is 8. The highest BCUT2D eigenvalue weighted by atomic mass is 16.5. The van der Waals surface area contributed by atoms with Crippen molar-refractivity contribution >= 4 is 0 Å². The summed E-state index contributed by atoms with van der Waals surface area (Å²) in [4.78, 5) is 0. The van der Waals surface area contributed by atoms with Gasteiger partial charge in [0.2, 0.25) is 0 Å². The van der Waals surface area contributed by atoms with Gasteiger partial charge in [0.25, 0.3) is 0 Å². The fourth-order valence-electron chi connectivity index (χ4n) is 2.75. The van der Waals surface area contributed by atoms with E-state index in [4.69, 9.17) is 14.2 Å². The lowest BCUT2D eigenvalue weighted by atomic mass is 9.98. The number of benzene rings is 1. The predicted octanol–water partition coefficient (Wildman–Crippen LogP) is 3.14. The van der Waals surface area contributed by atoms with Gasteiger partial charge in [-0.2, -0.15) is 0 Å². The van der Waals surface area contributed by atoms with Crippen LogP contribution in [0, 0.1) is 0 Å². The third-order valence-corrected chi connectivity index (χ3v) is 3.99. The first-order valence-corrected chi connectivity index (χ1v) is 7.86. The predicted molar refractivity (Wildman–Crippen MR) is 84.1 cm³/mol. The Hall–Kier alpha value is -1.26. The number of nitrogens with one attached hydrogen (secondary N) is 1. The molecule has 2 rings (SSSR count). The SMILES string of the molecule is COc1ccc(CNCCOC2CCCCC2)c(OC)c1. The largest absolute Gasteiger partial charge is 0.497 e. The molecule has 1 saturated carbocycles. The average Bonchev–Trinajstić information content (AvgIpc) is 2.55. The van der Waals surface area contributed by atoms with E-state index in [1.54, 1.807) is 14.2 Å². The highest BCUT2D eigenvalue weighted by Crippen LogP contribution is 2.24. The van der Waals surface area contributed by atoms with Gasteiger partial charge >= 0.3 is 0 Å². The van der Waals surface area contributed by atoms with Crippen LogP contribution < -0.4 is 14.8 Å². The Morgan fingerprint density at radius 1 is 1.10 bits per heavy atom. The number of ether oxygens (including phenoxy) is 3. The molecule has 21 heavy (non-hydrogen) atoms. The quantitative estimate of drug-likeness (QED) is 0.747. The van der Waals surface area contributed by atoms with E-state index in [0.29, 0.717) is 6.10 Å². The van der Waals surface area contributed by atoms with E-state index in [9.17, 15) is 0 Å². The molecule has 0 aromatic heterocycles. The molecule has 0 heterocycles. The van der Waals surface area contributed by atoms with Gasteiger partial charge in [-0.25, -0.2) is 0 Å². The Labute approximate surface area is 127 Å². The summed E-state index contributed by atoms with van der Waals surface area (Å²) >= 11 is 0. The Morgan fingerprint density at radius 2 is 1.90 bits per heavy atom. The molecule has 1 aromatic rings. The molecule has 0 radical (unpaired) electrons. The lowest BCUT2D eigenvalue weighted by Gasteiger charge is -2.22. The van der Waals surface area contributed by atoms with Crippen molar-refractivity contribution in [2.45, 2.75) is 44.8 Å². The normalized spacial score (nSPS) is 15.9. The molecule has 0 spiro atoms. The number of hydrogen-bond acceptors (Lipinski definition) is 4. The fourth-order valence-corrected chi connectivity index (χ4v) is 2.75. The summed E-state index contributed by atoms with van der Waals surface area (Å²) in [5.41, 5.74) is 1.14. The molecular weight excluding hydrogens is 266 g/mol. The van der Waals surface area contributed by atoms with Gasteiger partial charge in [-0.15, -0.1) is 0 Å². The van der Waals surface area contributed by atoms with Gasteiger partial charge < -0.3 is 19.5 Å². The zero-order valence-electron chi connectivity index (χ0n) is 13.2. The third kappa shape index (κ3) is 5.21. The second-order valence-electron chi connectivity index (χ2n) is 5.49. The molecule has 4 nitrogen and oxygen atoms in total. The average molecular weight is 293 g/mol. The van der Waals surface area contributed by atoms with Crippen molar-refractivity contribution in [2.75, 3.05) is 27.4 Å². The van der Waals surface area contributed by atoms with Crippen molar-refractivity contribution < 1.29 is 14.2 Å². The zero-order chi connectivity index (χ0) is 14.9. The summed E-state index contributed by atoms with van der Waals surface area (Å²) in [7, 11) is 3.35. The van der Waals surface area contributed by atoms with Gasteiger partial charge in [0, 0.05) is 24.7 Å². The summed E-state index contributed by atoms with van der Waals surface area (Å²) in [6, 6.07) is 5.90. The summed E-state index contributed by atoms with van der Waals surface area (Å²) < 4.78 is 16.5. The van der Waals surface area contributed by atoms with E-state index in [0.717, 1.165) is 36.8 Å². The van der Waals surface area contributed by atoms with Crippen LogP contribution in [0.4, 0.5) is 0 Å². The van der Waals surface area contributed by atoms with Crippen LogP contribution >= 0.6 is 0 Å². The topological polar surface area (TPSA) is 39.7 Å². The minimum Gasteiger partial charge on any atom is -0.497 e. The van der Waals surface area contributed by atoms with Gasteiger partial charge in [0.15, 0.2) is 0 Å². The van der Waals surface area contributed by atoms with Crippen LogP contribution in [0.15, 0.2) is 18.2 Å². The molecule has 0 saturated heterocycles. The summed E-state index contributed by atoms with van der Waals surface area (Å²) in [6.07, 6.45) is 6.95. The van der Waals surface area contributed by atoms with Gasteiger partial charge in [-0.3, -0.25) is 0 Å². The van der Waals surface area contributed by atoms with Crippen molar-refractivity contribution in [2.24, 2.45) is 0 Å². The van der Waals surface area contributed by atoms with E-state index in [1.807, 2.05) is 18.2 Å². The molecule has 1 aliphatic carbocycles. The van der Waals surface area contributed by atoms with Crippen molar-refractivity contribution in [3.8, 4) is 11.5 Å². The molecule has 1 N–H and O–H groups in total. The van der Waals surface area contributed by atoms with Crippen LogP contribution in [0.5, 0.6) is 11.5 Å². The Bertz CT molecular complexity index is 416. The molecule has 1 aromatic carbocycles. The number of hydrogen-bond donors (Lipinski definition) is 1. The van der Waals surface area contributed by atoms with E-state index in [1.165, 1.54) is 32.1 Å². The first-order valence-electron chi connectivity index (χ1n) is 7.86. The van der Waals surface area contributed by atoms with Crippen LogP contribution in [-0.2, 0) is 11.3 Å². The molecule has 0 unspecified atom stereocenters. The minimum absolute atomic E-state index is 0.482. The Kier molecular flexibility index (Phi) is 6.83. The monoisotopic (exact) mass is 293 g/mol. The highest BCUT2D eigenvalue weighted by molar-refractivity contribution is 5.40. The van der Waals surface area contributed by atoms with Crippen LogP contribution in [0.1, 0.15) is 37.7 Å². The summed E-state index contributed by atoms with van der Waals surface area (Å²) in [6.45, 7) is 2.43. The maximum absolute atomic E-state index is 5.90. The zero-order valence-corrected chi connectivity index (χ0v) is 13.2. The first-order chi connectivity index (χ1) is 10.3.